The molecule has 1 N–H and O–H groups in total. The summed E-state index contributed by atoms with van der Waals surface area (Å²) in [4.78, 5) is 27.8. The predicted molar refractivity (Wildman–Crippen MR) is 79.4 cm³/mol. The lowest BCUT2D eigenvalue weighted by Gasteiger charge is -2.45. The maximum Gasteiger partial charge on any atom is 0.247 e. The molecule has 0 aromatic heterocycles. The molecule has 1 aromatic carbocycles. The zero-order valence-electron chi connectivity index (χ0n) is 12.7. The van der Waals surface area contributed by atoms with Crippen LogP contribution in [-0.4, -0.2) is 52.4 Å². The first-order valence-electron chi connectivity index (χ1n) is 7.13. The van der Waals surface area contributed by atoms with E-state index >= 15 is 0 Å². The summed E-state index contributed by atoms with van der Waals surface area (Å²) in [6.45, 7) is 4.51. The minimum Gasteiger partial charge on any atom is -0.388 e. The Balaban J connectivity index is 2.08. The summed E-state index contributed by atoms with van der Waals surface area (Å²) in [6.07, 6.45) is -0.853. The van der Waals surface area contributed by atoms with E-state index in [2.05, 4.69) is 0 Å². The zero-order valence-corrected chi connectivity index (χ0v) is 12.7. The van der Waals surface area contributed by atoms with Crippen molar-refractivity contribution in [2.45, 2.75) is 31.9 Å². The van der Waals surface area contributed by atoms with E-state index in [9.17, 15) is 14.7 Å². The molecule has 21 heavy (non-hydrogen) atoms. The molecule has 5 heteroatoms. The second kappa shape index (κ2) is 5.85. The number of benzene rings is 1. The molecule has 1 aliphatic rings. The Bertz CT molecular complexity index is 528. The molecule has 114 valence electrons. The summed E-state index contributed by atoms with van der Waals surface area (Å²) >= 11 is 0. The topological polar surface area (TPSA) is 60.9 Å². The Kier molecular flexibility index (Phi) is 4.32. The molecule has 0 aliphatic carbocycles. The van der Waals surface area contributed by atoms with Crippen LogP contribution in [0, 0.1) is 0 Å². The fraction of sp³-hybridized carbons (Fsp3) is 0.500. The lowest BCUT2D eigenvalue weighted by atomic mass is 9.96. The molecular formula is C16H22N2O3. The first-order valence-corrected chi connectivity index (χ1v) is 7.13. The van der Waals surface area contributed by atoms with Crippen molar-refractivity contribution in [2.75, 3.05) is 20.1 Å². The molecular weight excluding hydrogens is 268 g/mol. The van der Waals surface area contributed by atoms with Gasteiger partial charge in [0.15, 0.2) is 0 Å². The minimum absolute atomic E-state index is 0.00949. The molecule has 1 unspecified atom stereocenters. The van der Waals surface area contributed by atoms with E-state index in [0.29, 0.717) is 18.7 Å². The van der Waals surface area contributed by atoms with Gasteiger partial charge in [-0.3, -0.25) is 9.59 Å². The standard InChI is InChI=1S/C16H22N2O3/c1-16(2)15(21)17(3)9-10-18(16)14(20)11-13(19)12-7-5-4-6-8-12/h4-8,13,19H,9-11H2,1-3H3. The quantitative estimate of drug-likeness (QED) is 0.909. The molecule has 1 atom stereocenters. The Morgan fingerprint density at radius 1 is 1.29 bits per heavy atom. The van der Waals surface area contributed by atoms with Gasteiger partial charge in [-0.25, -0.2) is 0 Å². The normalized spacial score (nSPS) is 19.5. The third kappa shape index (κ3) is 3.08. The fourth-order valence-electron chi connectivity index (χ4n) is 2.72. The molecule has 0 saturated carbocycles. The van der Waals surface area contributed by atoms with Gasteiger partial charge < -0.3 is 14.9 Å². The SMILES string of the molecule is CN1CCN(C(=O)CC(O)c2ccccc2)C(C)(C)C1=O. The number of rotatable bonds is 3. The summed E-state index contributed by atoms with van der Waals surface area (Å²) in [5.74, 6) is -0.269. The van der Waals surface area contributed by atoms with Gasteiger partial charge in [-0.1, -0.05) is 30.3 Å². The lowest BCUT2D eigenvalue weighted by molar-refractivity contribution is -0.158. The van der Waals surface area contributed by atoms with Crippen LogP contribution in [0.1, 0.15) is 31.9 Å². The summed E-state index contributed by atoms with van der Waals surface area (Å²) < 4.78 is 0. The second-order valence-corrected chi connectivity index (χ2v) is 5.96. The van der Waals surface area contributed by atoms with E-state index in [0.717, 1.165) is 0 Å². The van der Waals surface area contributed by atoms with E-state index in [1.807, 2.05) is 18.2 Å². The van der Waals surface area contributed by atoms with E-state index in [-0.39, 0.29) is 18.2 Å². The molecule has 1 saturated heterocycles. The number of aliphatic hydroxyl groups is 1. The highest BCUT2D eigenvalue weighted by atomic mass is 16.3. The van der Waals surface area contributed by atoms with Gasteiger partial charge in [0.1, 0.15) is 5.54 Å². The molecule has 1 fully saturated rings. The summed E-state index contributed by atoms with van der Waals surface area (Å²) in [6, 6.07) is 9.09. The van der Waals surface area contributed by atoms with Crippen LogP contribution in [0.4, 0.5) is 0 Å². The fourth-order valence-corrected chi connectivity index (χ4v) is 2.72. The third-order valence-corrected chi connectivity index (χ3v) is 4.06. The highest BCUT2D eigenvalue weighted by Crippen LogP contribution is 2.25. The van der Waals surface area contributed by atoms with Crippen LogP contribution in [0.2, 0.25) is 0 Å². The molecule has 1 heterocycles. The van der Waals surface area contributed by atoms with E-state index in [1.165, 1.54) is 0 Å². The van der Waals surface area contributed by atoms with Gasteiger partial charge in [-0.2, -0.15) is 0 Å². The number of piperazine rings is 1. The molecule has 1 aliphatic heterocycles. The highest BCUT2D eigenvalue weighted by molar-refractivity contribution is 5.91. The number of hydrogen-bond acceptors (Lipinski definition) is 3. The van der Waals surface area contributed by atoms with Crippen molar-refractivity contribution in [2.24, 2.45) is 0 Å². The second-order valence-electron chi connectivity index (χ2n) is 5.96. The zero-order chi connectivity index (χ0) is 15.6. The molecule has 0 bridgehead atoms. The van der Waals surface area contributed by atoms with Crippen molar-refractivity contribution in [3.05, 3.63) is 35.9 Å². The van der Waals surface area contributed by atoms with Crippen LogP contribution in [0.5, 0.6) is 0 Å². The monoisotopic (exact) mass is 290 g/mol. The largest absolute Gasteiger partial charge is 0.388 e. The first-order chi connectivity index (χ1) is 9.84. The Morgan fingerprint density at radius 2 is 1.90 bits per heavy atom. The van der Waals surface area contributed by atoms with Gasteiger partial charge >= 0.3 is 0 Å². The van der Waals surface area contributed by atoms with Crippen molar-refractivity contribution in [3.63, 3.8) is 0 Å². The lowest BCUT2D eigenvalue weighted by Crippen LogP contribution is -2.63. The van der Waals surface area contributed by atoms with Crippen molar-refractivity contribution in [3.8, 4) is 0 Å². The van der Waals surface area contributed by atoms with Crippen molar-refractivity contribution < 1.29 is 14.7 Å². The van der Waals surface area contributed by atoms with Crippen LogP contribution in [-0.2, 0) is 9.59 Å². The average Bonchev–Trinajstić information content (AvgIpc) is 2.45. The highest BCUT2D eigenvalue weighted by Gasteiger charge is 2.43. The molecule has 0 radical (unpaired) electrons. The number of hydrogen-bond donors (Lipinski definition) is 1. The Hall–Kier alpha value is -1.88. The smallest absolute Gasteiger partial charge is 0.247 e. The summed E-state index contributed by atoms with van der Waals surface area (Å²) in [7, 11) is 1.74. The van der Waals surface area contributed by atoms with Crippen molar-refractivity contribution in [1.29, 1.82) is 0 Å². The summed E-state index contributed by atoms with van der Waals surface area (Å²) in [5.41, 5.74) is -0.148. The van der Waals surface area contributed by atoms with Gasteiger partial charge in [-0.05, 0) is 19.4 Å². The molecule has 1 aromatic rings. The average molecular weight is 290 g/mol. The number of amides is 2. The Labute approximate surface area is 125 Å². The number of carbonyl (C=O) groups is 2. The number of likely N-dealkylation sites (N-methyl/N-ethyl adjacent to an activating group) is 1. The molecule has 0 spiro atoms. The van der Waals surface area contributed by atoms with Crippen LogP contribution in [0.3, 0.4) is 0 Å². The maximum absolute atomic E-state index is 12.4. The first kappa shape index (κ1) is 15.5. The van der Waals surface area contributed by atoms with Crippen LogP contribution in [0.15, 0.2) is 30.3 Å². The predicted octanol–water partition coefficient (Wildman–Crippen LogP) is 1.19. The molecule has 2 amide bonds. The van der Waals surface area contributed by atoms with Gasteiger partial charge in [0.25, 0.3) is 0 Å². The number of nitrogens with zero attached hydrogens (tertiary/aromatic N) is 2. The van der Waals surface area contributed by atoms with Crippen LogP contribution < -0.4 is 0 Å². The number of carbonyl (C=O) groups excluding carboxylic acids is 2. The van der Waals surface area contributed by atoms with E-state index in [4.69, 9.17) is 0 Å². The van der Waals surface area contributed by atoms with Gasteiger partial charge in [0.2, 0.25) is 11.8 Å². The van der Waals surface area contributed by atoms with Crippen LogP contribution >= 0.6 is 0 Å². The third-order valence-electron chi connectivity index (χ3n) is 4.06. The molecule has 5 nitrogen and oxygen atoms in total. The van der Waals surface area contributed by atoms with Gasteiger partial charge in [-0.15, -0.1) is 0 Å². The van der Waals surface area contributed by atoms with Crippen molar-refractivity contribution in [1.82, 2.24) is 9.80 Å². The van der Waals surface area contributed by atoms with Crippen LogP contribution in [0.25, 0.3) is 0 Å². The maximum atomic E-state index is 12.4. The summed E-state index contributed by atoms with van der Waals surface area (Å²) in [5, 5.41) is 10.2. The minimum atomic E-state index is -0.861. The van der Waals surface area contributed by atoms with E-state index in [1.54, 1.807) is 42.8 Å². The molecule has 2 rings (SSSR count). The van der Waals surface area contributed by atoms with E-state index < -0.39 is 11.6 Å². The van der Waals surface area contributed by atoms with Gasteiger partial charge in [0.05, 0.1) is 12.5 Å². The van der Waals surface area contributed by atoms with Gasteiger partial charge in [0, 0.05) is 20.1 Å². The number of aliphatic hydroxyl groups excluding tert-OH is 1. The van der Waals surface area contributed by atoms with Crippen molar-refractivity contribution >= 4 is 11.8 Å². The Morgan fingerprint density at radius 3 is 2.52 bits per heavy atom.